The van der Waals surface area contributed by atoms with Gasteiger partial charge in [0.05, 0.1) is 0 Å². The lowest BCUT2D eigenvalue weighted by atomic mass is 10.3. The maximum atomic E-state index is 11.9. The Kier molecular flexibility index (Phi) is 8.23. The Labute approximate surface area is 167 Å². The summed E-state index contributed by atoms with van der Waals surface area (Å²) in [6, 6.07) is 13.2. The average Bonchev–Trinajstić information content (AvgIpc) is 2.65. The molecule has 0 radical (unpaired) electrons. The largest absolute Gasteiger partial charge is 0.484 e. The number of hydrogen-bond donors (Lipinski definition) is 2. The summed E-state index contributed by atoms with van der Waals surface area (Å²) in [5.41, 5.74) is 0. The summed E-state index contributed by atoms with van der Waals surface area (Å²) >= 11 is 11.6. The van der Waals surface area contributed by atoms with Gasteiger partial charge >= 0.3 is 0 Å². The summed E-state index contributed by atoms with van der Waals surface area (Å²) in [4.78, 5) is 23.7. The van der Waals surface area contributed by atoms with Gasteiger partial charge in [0.15, 0.2) is 13.2 Å². The van der Waals surface area contributed by atoms with Crippen LogP contribution in [0.25, 0.3) is 0 Å². The number of ether oxygens (including phenoxy) is 2. The van der Waals surface area contributed by atoms with Crippen LogP contribution in [0.15, 0.2) is 48.5 Å². The van der Waals surface area contributed by atoms with Crippen LogP contribution in [0.1, 0.15) is 6.92 Å². The van der Waals surface area contributed by atoms with Gasteiger partial charge in [0.1, 0.15) is 11.5 Å². The van der Waals surface area contributed by atoms with Crippen molar-refractivity contribution in [2.24, 2.45) is 0 Å². The molecule has 0 spiro atoms. The van der Waals surface area contributed by atoms with Crippen molar-refractivity contribution in [3.8, 4) is 11.5 Å². The van der Waals surface area contributed by atoms with Crippen LogP contribution in [-0.2, 0) is 9.59 Å². The molecule has 2 rings (SSSR count). The second-order valence-electron chi connectivity index (χ2n) is 5.76. The van der Waals surface area contributed by atoms with Gasteiger partial charge in [0.25, 0.3) is 11.8 Å². The quantitative estimate of drug-likeness (QED) is 0.665. The molecule has 0 fully saturated rings. The van der Waals surface area contributed by atoms with Crippen molar-refractivity contribution in [3.63, 3.8) is 0 Å². The van der Waals surface area contributed by atoms with Gasteiger partial charge in [-0.2, -0.15) is 0 Å². The second kappa shape index (κ2) is 10.6. The minimum absolute atomic E-state index is 0.123. The highest BCUT2D eigenvalue weighted by atomic mass is 35.5. The Hall–Kier alpha value is -2.44. The lowest BCUT2D eigenvalue weighted by Crippen LogP contribution is -2.44. The van der Waals surface area contributed by atoms with Gasteiger partial charge in [-0.05, 0) is 55.5 Å². The molecule has 2 amide bonds. The van der Waals surface area contributed by atoms with E-state index in [1.54, 1.807) is 55.5 Å². The minimum atomic E-state index is -0.288. The van der Waals surface area contributed by atoms with Crippen LogP contribution in [0.2, 0.25) is 10.0 Å². The van der Waals surface area contributed by atoms with Crippen molar-refractivity contribution in [2.45, 2.75) is 13.0 Å². The Morgan fingerprint density at radius 2 is 1.30 bits per heavy atom. The molecule has 8 heteroatoms. The molecule has 1 atom stereocenters. The number of nitrogens with one attached hydrogen (secondary N) is 2. The van der Waals surface area contributed by atoms with Crippen molar-refractivity contribution in [2.75, 3.05) is 19.8 Å². The molecule has 0 heterocycles. The van der Waals surface area contributed by atoms with Crippen LogP contribution >= 0.6 is 23.2 Å². The second-order valence-corrected chi connectivity index (χ2v) is 6.63. The highest BCUT2D eigenvalue weighted by Crippen LogP contribution is 2.16. The minimum Gasteiger partial charge on any atom is -0.484 e. The lowest BCUT2D eigenvalue weighted by Gasteiger charge is -2.15. The molecule has 144 valence electrons. The van der Waals surface area contributed by atoms with Gasteiger partial charge in [0.2, 0.25) is 0 Å². The molecule has 0 bridgehead atoms. The van der Waals surface area contributed by atoms with E-state index in [-0.39, 0.29) is 37.6 Å². The Morgan fingerprint density at radius 1 is 0.852 bits per heavy atom. The smallest absolute Gasteiger partial charge is 0.258 e. The maximum absolute atomic E-state index is 11.9. The molecule has 0 aliphatic rings. The van der Waals surface area contributed by atoms with Crippen molar-refractivity contribution >= 4 is 35.0 Å². The fourth-order valence-electron chi connectivity index (χ4n) is 2.04. The fraction of sp³-hybridized carbons (Fsp3) is 0.263. The van der Waals surface area contributed by atoms with Crippen LogP contribution in [0, 0.1) is 0 Å². The van der Waals surface area contributed by atoms with Crippen LogP contribution in [0.3, 0.4) is 0 Å². The highest BCUT2D eigenvalue weighted by Gasteiger charge is 2.10. The first-order valence-corrected chi connectivity index (χ1v) is 9.01. The third kappa shape index (κ3) is 8.19. The normalized spacial score (nSPS) is 11.4. The van der Waals surface area contributed by atoms with Crippen molar-refractivity contribution < 1.29 is 19.1 Å². The van der Waals surface area contributed by atoms with E-state index in [0.29, 0.717) is 21.5 Å². The Balaban J connectivity index is 1.62. The van der Waals surface area contributed by atoms with E-state index in [4.69, 9.17) is 32.7 Å². The number of halogens is 2. The first kappa shape index (κ1) is 20.9. The zero-order valence-electron chi connectivity index (χ0n) is 14.7. The Morgan fingerprint density at radius 3 is 1.78 bits per heavy atom. The van der Waals surface area contributed by atoms with E-state index in [0.717, 1.165) is 0 Å². The third-order valence-corrected chi connectivity index (χ3v) is 3.88. The number of carbonyl (C=O) groups excluding carboxylic acids is 2. The monoisotopic (exact) mass is 410 g/mol. The van der Waals surface area contributed by atoms with Crippen LogP contribution in [-0.4, -0.2) is 37.6 Å². The molecule has 0 aliphatic heterocycles. The molecule has 6 nitrogen and oxygen atoms in total. The fourth-order valence-corrected chi connectivity index (χ4v) is 2.30. The number of carbonyl (C=O) groups is 2. The molecule has 27 heavy (non-hydrogen) atoms. The number of rotatable bonds is 9. The summed E-state index contributed by atoms with van der Waals surface area (Å²) in [6.07, 6.45) is 0. The summed E-state index contributed by atoms with van der Waals surface area (Å²) in [6.45, 7) is 1.80. The molecule has 1 unspecified atom stereocenters. The molecule has 2 N–H and O–H groups in total. The van der Waals surface area contributed by atoms with E-state index in [2.05, 4.69) is 10.6 Å². The summed E-state index contributed by atoms with van der Waals surface area (Å²) in [7, 11) is 0. The van der Waals surface area contributed by atoms with Gasteiger partial charge in [-0.3, -0.25) is 9.59 Å². The molecule has 0 saturated heterocycles. The van der Waals surface area contributed by atoms with Gasteiger partial charge in [-0.25, -0.2) is 0 Å². The standard InChI is InChI=1S/C19H20Cl2N2O4/c1-13(23-19(25)12-27-17-8-4-15(21)5-9-17)10-22-18(24)11-26-16-6-2-14(20)3-7-16/h2-9,13H,10-12H2,1H3,(H,22,24)(H,23,25). The molecule has 0 aliphatic carbocycles. The number of hydrogen-bond acceptors (Lipinski definition) is 4. The van der Waals surface area contributed by atoms with Gasteiger partial charge in [0, 0.05) is 22.6 Å². The van der Waals surface area contributed by atoms with Gasteiger partial charge < -0.3 is 20.1 Å². The van der Waals surface area contributed by atoms with E-state index in [1.165, 1.54) is 0 Å². The zero-order chi connectivity index (χ0) is 19.6. The predicted molar refractivity (Wildman–Crippen MR) is 105 cm³/mol. The summed E-state index contributed by atoms with van der Waals surface area (Å²) in [5, 5.41) is 6.61. The molecular formula is C19H20Cl2N2O4. The zero-order valence-corrected chi connectivity index (χ0v) is 16.2. The third-order valence-electron chi connectivity index (χ3n) is 3.38. The molecule has 0 aromatic heterocycles. The average molecular weight is 411 g/mol. The Bertz CT molecular complexity index is 751. The number of benzene rings is 2. The molecular weight excluding hydrogens is 391 g/mol. The SMILES string of the molecule is CC(CNC(=O)COc1ccc(Cl)cc1)NC(=O)COc1ccc(Cl)cc1. The van der Waals surface area contributed by atoms with E-state index >= 15 is 0 Å². The van der Waals surface area contributed by atoms with E-state index in [1.807, 2.05) is 0 Å². The van der Waals surface area contributed by atoms with Gasteiger partial charge in [-0.15, -0.1) is 0 Å². The van der Waals surface area contributed by atoms with Crippen LogP contribution < -0.4 is 20.1 Å². The lowest BCUT2D eigenvalue weighted by molar-refractivity contribution is -0.125. The first-order chi connectivity index (χ1) is 12.9. The van der Waals surface area contributed by atoms with E-state index in [9.17, 15) is 9.59 Å². The van der Waals surface area contributed by atoms with Crippen molar-refractivity contribution in [3.05, 3.63) is 58.6 Å². The summed E-state index contributed by atoms with van der Waals surface area (Å²) in [5.74, 6) is 0.526. The van der Waals surface area contributed by atoms with Gasteiger partial charge in [-0.1, -0.05) is 23.2 Å². The first-order valence-electron chi connectivity index (χ1n) is 8.25. The van der Waals surface area contributed by atoms with E-state index < -0.39 is 0 Å². The van der Waals surface area contributed by atoms with Crippen LogP contribution in [0.5, 0.6) is 11.5 Å². The topological polar surface area (TPSA) is 76.7 Å². The molecule has 0 saturated carbocycles. The highest BCUT2D eigenvalue weighted by molar-refractivity contribution is 6.30. The molecule has 2 aromatic carbocycles. The number of amides is 2. The van der Waals surface area contributed by atoms with Crippen molar-refractivity contribution in [1.29, 1.82) is 0 Å². The molecule has 2 aromatic rings. The predicted octanol–water partition coefficient (Wildman–Crippen LogP) is 3.07. The maximum Gasteiger partial charge on any atom is 0.258 e. The van der Waals surface area contributed by atoms with Crippen LogP contribution in [0.4, 0.5) is 0 Å². The van der Waals surface area contributed by atoms with Crippen molar-refractivity contribution in [1.82, 2.24) is 10.6 Å². The summed E-state index contributed by atoms with van der Waals surface area (Å²) < 4.78 is 10.7.